The topological polar surface area (TPSA) is 227 Å². The maximum Gasteiger partial charge on any atom is 0.190 e. The number of carbonyl (C=O) groups is 5. The summed E-state index contributed by atoms with van der Waals surface area (Å²) in [4.78, 5) is 67.1. The van der Waals surface area contributed by atoms with Gasteiger partial charge in [-0.1, -0.05) is 25.0 Å². The fourth-order valence-electron chi connectivity index (χ4n) is 16.2. The largest absolute Gasteiger partial charge is 0.396 e. The molecule has 296 valence electrons. The minimum Gasteiger partial charge on any atom is -0.396 e. The first kappa shape index (κ1) is 38.4. The average molecular weight is 753 g/mol. The van der Waals surface area contributed by atoms with Crippen molar-refractivity contribution in [1.82, 2.24) is 0 Å². The highest BCUT2D eigenvalue weighted by atomic mass is 16.3. The molecule has 6 fully saturated rings. The van der Waals surface area contributed by atoms with Crippen molar-refractivity contribution < 1.29 is 59.7 Å². The van der Waals surface area contributed by atoms with Crippen LogP contribution in [-0.2, 0) is 24.0 Å². The maximum absolute atomic E-state index is 14.1. The van der Waals surface area contributed by atoms with Gasteiger partial charge in [-0.25, -0.2) is 0 Å². The minimum atomic E-state index is -2.19. The Morgan fingerprint density at radius 1 is 0.778 bits per heavy atom. The van der Waals surface area contributed by atoms with Gasteiger partial charge >= 0.3 is 0 Å². The van der Waals surface area contributed by atoms with Gasteiger partial charge in [-0.2, -0.15) is 0 Å². The van der Waals surface area contributed by atoms with Gasteiger partial charge in [-0.15, -0.1) is 0 Å². The van der Waals surface area contributed by atoms with Crippen molar-refractivity contribution in [3.05, 3.63) is 23.3 Å². The summed E-state index contributed by atoms with van der Waals surface area (Å²) >= 11 is 0. The van der Waals surface area contributed by atoms with E-state index in [1.807, 2.05) is 0 Å². The molecule has 15 atom stereocenters. The number of Topliss-reactive ketones (excluding diaryl/α,β-unsaturated/α-hetero) is 2. The van der Waals surface area contributed by atoms with Crippen molar-refractivity contribution in [3.63, 3.8) is 0 Å². The Balaban J connectivity index is 1.34. The first-order chi connectivity index (χ1) is 25.5. The van der Waals surface area contributed by atoms with Gasteiger partial charge in [0.15, 0.2) is 23.1 Å². The number of allylic oxidation sites excluding steroid dienone is 2. The van der Waals surface area contributed by atoms with Gasteiger partial charge in [-0.05, 0) is 129 Å². The molecule has 12 nitrogen and oxygen atoms in total. The first-order valence-electron chi connectivity index (χ1n) is 20.1. The number of aliphatic hydroxyl groups is 7. The molecule has 0 amide bonds. The molecule has 6 saturated carbocycles. The number of hydrogen-bond acceptors (Lipinski definition) is 12. The Labute approximate surface area is 315 Å². The van der Waals surface area contributed by atoms with Crippen molar-refractivity contribution >= 4 is 29.4 Å². The molecule has 7 N–H and O–H groups in total. The number of fused-ring (bicyclic) bond motifs is 10. The average Bonchev–Trinajstić information content (AvgIpc) is 3.62. The lowest BCUT2D eigenvalue weighted by atomic mass is 9.30. The van der Waals surface area contributed by atoms with Crippen LogP contribution in [0.15, 0.2) is 23.3 Å². The van der Waals surface area contributed by atoms with Gasteiger partial charge in [0.2, 0.25) is 0 Å². The zero-order valence-electron chi connectivity index (χ0n) is 31.3. The van der Waals surface area contributed by atoms with Gasteiger partial charge in [0.1, 0.15) is 30.7 Å². The van der Waals surface area contributed by atoms with Gasteiger partial charge in [0.05, 0.1) is 24.2 Å². The molecule has 0 aromatic rings. The quantitative estimate of drug-likeness (QED) is 0.183. The molecule has 0 saturated heterocycles. The molecule has 8 aliphatic carbocycles. The van der Waals surface area contributed by atoms with Gasteiger partial charge in [0.25, 0.3) is 0 Å². The summed E-state index contributed by atoms with van der Waals surface area (Å²) in [7, 11) is 0. The highest BCUT2D eigenvalue weighted by Gasteiger charge is 2.80. The molecule has 0 aromatic carbocycles. The predicted molar refractivity (Wildman–Crippen MR) is 190 cm³/mol. The Morgan fingerprint density at radius 3 is 2.07 bits per heavy atom. The van der Waals surface area contributed by atoms with Crippen molar-refractivity contribution in [2.75, 3.05) is 19.8 Å². The molecule has 0 bridgehead atoms. The van der Waals surface area contributed by atoms with Crippen molar-refractivity contribution in [2.45, 2.75) is 121 Å². The predicted octanol–water partition coefficient (Wildman–Crippen LogP) is 1.32. The molecule has 54 heavy (non-hydrogen) atoms. The van der Waals surface area contributed by atoms with Crippen LogP contribution in [-0.4, -0.2) is 108 Å². The second-order valence-electron chi connectivity index (χ2n) is 19.1. The summed E-state index contributed by atoms with van der Waals surface area (Å²) < 4.78 is 0. The molecular formula is C42H56O12. The van der Waals surface area contributed by atoms with E-state index in [1.54, 1.807) is 12.2 Å². The Bertz CT molecular complexity index is 1750. The van der Waals surface area contributed by atoms with Crippen LogP contribution in [0.1, 0.15) is 97.3 Å². The Kier molecular flexibility index (Phi) is 8.74. The highest BCUT2D eigenvalue weighted by Crippen LogP contribution is 2.79. The summed E-state index contributed by atoms with van der Waals surface area (Å²) in [6.07, 6.45) is 4.28. The summed E-state index contributed by atoms with van der Waals surface area (Å²) in [6.45, 7) is 1.71. The van der Waals surface area contributed by atoms with Crippen LogP contribution >= 0.6 is 0 Å². The van der Waals surface area contributed by atoms with E-state index in [2.05, 4.69) is 13.8 Å². The highest BCUT2D eigenvalue weighted by molar-refractivity contribution is 5.95. The fraction of sp³-hybridized carbons (Fsp3) is 0.786. The molecule has 12 heteroatoms. The van der Waals surface area contributed by atoms with Gasteiger partial charge < -0.3 is 40.5 Å². The van der Waals surface area contributed by atoms with Gasteiger partial charge in [0, 0.05) is 23.7 Å². The summed E-state index contributed by atoms with van der Waals surface area (Å²) in [5, 5.41) is 80.6. The number of carbonyl (C=O) groups excluding carboxylic acids is 5. The molecule has 0 radical (unpaired) electrons. The Hall–Kier alpha value is -2.45. The van der Waals surface area contributed by atoms with E-state index in [0.717, 1.165) is 11.1 Å². The zero-order valence-corrected chi connectivity index (χ0v) is 31.3. The summed E-state index contributed by atoms with van der Waals surface area (Å²) in [5.74, 6) is -4.72. The second kappa shape index (κ2) is 12.3. The third-order valence-electron chi connectivity index (χ3n) is 18.2. The fourth-order valence-corrected chi connectivity index (χ4v) is 16.2. The maximum atomic E-state index is 14.1. The summed E-state index contributed by atoms with van der Waals surface area (Å²) in [6, 6.07) is 0. The lowest BCUT2D eigenvalue weighted by Crippen LogP contribution is -2.74. The van der Waals surface area contributed by atoms with Crippen LogP contribution in [0.25, 0.3) is 0 Å². The molecule has 8 aliphatic rings. The summed E-state index contributed by atoms with van der Waals surface area (Å²) in [5.41, 5.74) is -8.52. The first-order valence-corrected chi connectivity index (χ1v) is 20.1. The van der Waals surface area contributed by atoms with Crippen LogP contribution in [0.3, 0.4) is 0 Å². The number of rotatable bonds is 7. The standard InChI is InChI=1S/C42H56O12/c1-36-10-7-24(47)13-22(36)4-6-29-28-9-12-41(54,34(52)19-44)39(28,21-46)17-32(50)42(29,36)31-15-25(48)14-23-3-5-26-27-8-11-40(53,33(51)18-43)38(27,20-45)16-30(49)35(26)37(23,31)2/h13-14,21,26-32,35,43-45,49-50,53-54H,3-12,15-20H2,1-2H3/t26-,27-,28-,29-,30-,31?,32-,35+,36-,37+,38+,39+,40-,41-,42-/m0/s1. The van der Waals surface area contributed by atoms with Crippen molar-refractivity contribution in [3.8, 4) is 0 Å². The van der Waals surface area contributed by atoms with Crippen molar-refractivity contribution in [2.24, 2.45) is 62.6 Å². The molecule has 0 spiro atoms. The second-order valence-corrected chi connectivity index (χ2v) is 19.1. The Morgan fingerprint density at radius 2 is 1.41 bits per heavy atom. The van der Waals surface area contributed by atoms with Crippen LogP contribution in [0.5, 0.6) is 0 Å². The van der Waals surface area contributed by atoms with E-state index >= 15 is 0 Å². The SMILES string of the molecule is C[C@]12CCC(=O)C=C1CC[C@H]1[C@@H]3CC[C@](O)(C(=O)CO)[C@@]3(C=O)C[C@H](O)[C@@]12C1CC(=O)C=C2CC[C@@H]3[C@H]([C@@H](O)C[C@@]4(CO)[C@H]3CC[C@]4(O)C(=O)CO)[C@]21C. The van der Waals surface area contributed by atoms with E-state index in [-0.39, 0.29) is 68.3 Å². The van der Waals surface area contributed by atoms with E-state index in [4.69, 9.17) is 0 Å². The van der Waals surface area contributed by atoms with Crippen LogP contribution in [0.4, 0.5) is 0 Å². The third-order valence-corrected chi connectivity index (χ3v) is 18.2. The van der Waals surface area contributed by atoms with Crippen LogP contribution in [0, 0.1) is 62.6 Å². The number of aliphatic hydroxyl groups excluding tert-OH is 5. The van der Waals surface area contributed by atoms with Crippen LogP contribution < -0.4 is 0 Å². The van der Waals surface area contributed by atoms with E-state index < -0.39 is 106 Å². The van der Waals surface area contributed by atoms with Gasteiger partial charge in [-0.3, -0.25) is 19.2 Å². The smallest absolute Gasteiger partial charge is 0.190 e. The minimum absolute atomic E-state index is 0.0176. The van der Waals surface area contributed by atoms with E-state index in [9.17, 15) is 59.7 Å². The normalized spacial score (nSPS) is 52.1. The molecule has 0 aromatic heterocycles. The molecule has 1 unspecified atom stereocenters. The number of ketones is 4. The monoisotopic (exact) mass is 752 g/mol. The van der Waals surface area contributed by atoms with Crippen LogP contribution in [0.2, 0.25) is 0 Å². The van der Waals surface area contributed by atoms with E-state index in [0.29, 0.717) is 44.8 Å². The molecular weight excluding hydrogens is 696 g/mol. The molecule has 0 aliphatic heterocycles. The number of aldehydes is 1. The third kappa shape index (κ3) is 4.21. The lowest BCUT2D eigenvalue weighted by molar-refractivity contribution is -0.268. The van der Waals surface area contributed by atoms with Crippen molar-refractivity contribution in [1.29, 1.82) is 0 Å². The number of hydrogen-bond donors (Lipinski definition) is 7. The molecule has 8 rings (SSSR count). The lowest BCUT2D eigenvalue weighted by Gasteiger charge is -2.73. The van der Waals surface area contributed by atoms with E-state index in [1.165, 1.54) is 0 Å². The zero-order chi connectivity index (χ0) is 39.0. The molecule has 0 heterocycles.